The summed E-state index contributed by atoms with van der Waals surface area (Å²) in [5.74, 6) is -0.344. The zero-order valence-electron chi connectivity index (χ0n) is 9.99. The average molecular weight is 332 g/mol. The normalized spacial score (nSPS) is 11.7. The van der Waals surface area contributed by atoms with E-state index in [1.54, 1.807) is 19.1 Å². The lowest BCUT2D eigenvalue weighted by Crippen LogP contribution is -2.41. The molecule has 0 radical (unpaired) electrons. The van der Waals surface area contributed by atoms with Crippen molar-refractivity contribution < 1.29 is 9.59 Å². The van der Waals surface area contributed by atoms with Gasteiger partial charge in [0.25, 0.3) is 0 Å². The molecule has 7 heteroatoms. The Hall–Kier alpha value is -1.21. The third kappa shape index (κ3) is 4.23. The second kappa shape index (κ2) is 6.65. The lowest BCUT2D eigenvalue weighted by molar-refractivity contribution is -0.119. The molecule has 0 heterocycles. The number of hydrogen-bond donors (Lipinski definition) is 3. The van der Waals surface area contributed by atoms with E-state index in [0.717, 1.165) is 9.37 Å². The molecule has 0 saturated heterocycles. The molecule has 0 aromatic heterocycles. The summed E-state index contributed by atoms with van der Waals surface area (Å²) in [5, 5.41) is 4.17. The van der Waals surface area contributed by atoms with Gasteiger partial charge >= 0.3 is 6.03 Å². The van der Waals surface area contributed by atoms with Crippen LogP contribution in [0.3, 0.4) is 0 Å². The summed E-state index contributed by atoms with van der Waals surface area (Å²) in [5.41, 5.74) is 6.28. The molecular formula is C11H14BrN3O2S. The Morgan fingerprint density at radius 3 is 2.67 bits per heavy atom. The molecule has 1 rings (SSSR count). The third-order valence-electron chi connectivity index (χ3n) is 2.09. The highest BCUT2D eigenvalue weighted by Gasteiger charge is 2.17. The smallest absolute Gasteiger partial charge is 0.321 e. The second-order valence-electron chi connectivity index (χ2n) is 3.52. The van der Waals surface area contributed by atoms with Crippen molar-refractivity contribution in [2.45, 2.75) is 17.1 Å². The Labute approximate surface area is 118 Å². The first-order valence-electron chi connectivity index (χ1n) is 5.18. The Balaban J connectivity index is 2.66. The van der Waals surface area contributed by atoms with Crippen LogP contribution in [0.5, 0.6) is 0 Å². The highest BCUT2D eigenvalue weighted by molar-refractivity contribution is 9.10. The molecule has 98 valence electrons. The number of rotatable bonds is 3. The molecule has 0 aliphatic rings. The maximum Gasteiger partial charge on any atom is 0.321 e. The average Bonchev–Trinajstić information content (AvgIpc) is 2.32. The number of halogens is 1. The van der Waals surface area contributed by atoms with E-state index in [-0.39, 0.29) is 11.2 Å². The highest BCUT2D eigenvalue weighted by Crippen LogP contribution is 2.31. The molecule has 3 amide bonds. The molecule has 1 atom stereocenters. The Morgan fingerprint density at radius 2 is 2.11 bits per heavy atom. The molecule has 4 N–H and O–H groups in total. The number of amides is 3. The van der Waals surface area contributed by atoms with Gasteiger partial charge in [-0.3, -0.25) is 10.1 Å². The van der Waals surface area contributed by atoms with Gasteiger partial charge in [0.1, 0.15) is 0 Å². The van der Waals surface area contributed by atoms with Gasteiger partial charge in [0.2, 0.25) is 5.91 Å². The number of hydrogen-bond acceptors (Lipinski definition) is 4. The molecule has 0 aliphatic carbocycles. The Bertz CT molecular complexity index is 468. The summed E-state index contributed by atoms with van der Waals surface area (Å²) < 4.78 is 0.826. The maximum absolute atomic E-state index is 11.7. The first-order valence-corrected chi connectivity index (χ1v) is 6.85. The Morgan fingerprint density at radius 1 is 1.44 bits per heavy atom. The summed E-state index contributed by atoms with van der Waals surface area (Å²) in [6.45, 7) is 1.73. The van der Waals surface area contributed by atoms with E-state index in [9.17, 15) is 9.59 Å². The van der Waals surface area contributed by atoms with Gasteiger partial charge in [0, 0.05) is 22.1 Å². The summed E-state index contributed by atoms with van der Waals surface area (Å²) in [6.07, 6.45) is 0. The predicted molar refractivity (Wildman–Crippen MR) is 76.5 cm³/mol. The van der Waals surface area contributed by atoms with Crippen LogP contribution in [0.4, 0.5) is 10.5 Å². The molecule has 1 aromatic carbocycles. The molecule has 0 spiro atoms. The molecule has 0 aliphatic heterocycles. The largest absolute Gasteiger partial charge is 0.399 e. The van der Waals surface area contributed by atoms with Crippen molar-refractivity contribution in [1.29, 1.82) is 0 Å². The minimum Gasteiger partial charge on any atom is -0.399 e. The fourth-order valence-corrected chi connectivity index (χ4v) is 2.67. The van der Waals surface area contributed by atoms with Crippen LogP contribution >= 0.6 is 27.7 Å². The van der Waals surface area contributed by atoms with Gasteiger partial charge in [-0.05, 0) is 41.1 Å². The van der Waals surface area contributed by atoms with Crippen LogP contribution in [0.2, 0.25) is 0 Å². The molecule has 0 fully saturated rings. The number of anilines is 1. The van der Waals surface area contributed by atoms with Crippen LogP contribution in [-0.2, 0) is 4.79 Å². The number of nitrogens with two attached hydrogens (primary N) is 1. The van der Waals surface area contributed by atoms with Crippen LogP contribution in [-0.4, -0.2) is 24.2 Å². The first-order chi connectivity index (χ1) is 8.43. The standard InChI is InChI=1S/C11H14BrN3O2S/c1-6(10(16)15-11(17)14-2)18-9-4-3-7(13)5-8(9)12/h3-6H,13H2,1-2H3,(H2,14,15,16,17). The topological polar surface area (TPSA) is 84.2 Å². The van der Waals surface area contributed by atoms with Crippen molar-refractivity contribution in [2.75, 3.05) is 12.8 Å². The van der Waals surface area contributed by atoms with E-state index in [1.807, 2.05) is 6.07 Å². The summed E-state index contributed by atoms with van der Waals surface area (Å²) in [4.78, 5) is 23.6. The van der Waals surface area contributed by atoms with Gasteiger partial charge in [-0.2, -0.15) is 0 Å². The van der Waals surface area contributed by atoms with E-state index in [4.69, 9.17) is 5.73 Å². The fraction of sp³-hybridized carbons (Fsp3) is 0.273. The van der Waals surface area contributed by atoms with Crippen molar-refractivity contribution in [3.63, 3.8) is 0 Å². The predicted octanol–water partition coefficient (Wildman–Crippen LogP) is 1.97. The van der Waals surface area contributed by atoms with E-state index < -0.39 is 6.03 Å². The maximum atomic E-state index is 11.7. The molecule has 0 saturated carbocycles. The van der Waals surface area contributed by atoms with Crippen LogP contribution in [0.25, 0.3) is 0 Å². The zero-order valence-corrected chi connectivity index (χ0v) is 12.4. The minimum absolute atomic E-state index is 0.344. The second-order valence-corrected chi connectivity index (χ2v) is 5.76. The molecule has 1 unspecified atom stereocenters. The minimum atomic E-state index is -0.510. The van der Waals surface area contributed by atoms with Crippen LogP contribution in [0.15, 0.2) is 27.6 Å². The molecule has 5 nitrogen and oxygen atoms in total. The van der Waals surface area contributed by atoms with Crippen molar-refractivity contribution in [1.82, 2.24) is 10.6 Å². The Kier molecular flexibility index (Phi) is 5.49. The number of urea groups is 1. The van der Waals surface area contributed by atoms with Gasteiger partial charge in [0.05, 0.1) is 5.25 Å². The van der Waals surface area contributed by atoms with Crippen LogP contribution in [0, 0.1) is 0 Å². The van der Waals surface area contributed by atoms with Crippen molar-refractivity contribution in [3.05, 3.63) is 22.7 Å². The number of carbonyl (C=O) groups is 2. The highest BCUT2D eigenvalue weighted by atomic mass is 79.9. The summed E-state index contributed by atoms with van der Waals surface area (Å²) in [6, 6.07) is 4.85. The number of nitrogens with one attached hydrogen (secondary N) is 2. The number of thioether (sulfide) groups is 1. The van der Waals surface area contributed by atoms with Gasteiger partial charge < -0.3 is 11.1 Å². The van der Waals surface area contributed by atoms with Crippen molar-refractivity contribution in [2.24, 2.45) is 0 Å². The van der Waals surface area contributed by atoms with E-state index in [2.05, 4.69) is 26.6 Å². The third-order valence-corrected chi connectivity index (χ3v) is 4.19. The number of imide groups is 1. The first kappa shape index (κ1) is 14.8. The van der Waals surface area contributed by atoms with Crippen LogP contribution < -0.4 is 16.4 Å². The van der Waals surface area contributed by atoms with E-state index in [1.165, 1.54) is 18.8 Å². The van der Waals surface area contributed by atoms with Gasteiger partial charge in [0.15, 0.2) is 0 Å². The van der Waals surface area contributed by atoms with Gasteiger partial charge in [-0.15, -0.1) is 11.8 Å². The summed E-state index contributed by atoms with van der Waals surface area (Å²) in [7, 11) is 1.46. The fourth-order valence-electron chi connectivity index (χ4n) is 1.13. The van der Waals surface area contributed by atoms with E-state index >= 15 is 0 Å². The van der Waals surface area contributed by atoms with E-state index in [0.29, 0.717) is 5.69 Å². The van der Waals surface area contributed by atoms with Crippen molar-refractivity contribution >= 4 is 45.3 Å². The lowest BCUT2D eigenvalue weighted by atomic mass is 10.3. The SMILES string of the molecule is CNC(=O)NC(=O)C(C)Sc1ccc(N)cc1Br. The van der Waals surface area contributed by atoms with Crippen molar-refractivity contribution in [3.8, 4) is 0 Å². The molecule has 1 aromatic rings. The molecule has 0 bridgehead atoms. The lowest BCUT2D eigenvalue weighted by Gasteiger charge is -2.12. The number of benzene rings is 1. The quantitative estimate of drug-likeness (QED) is 0.584. The van der Waals surface area contributed by atoms with Crippen LogP contribution in [0.1, 0.15) is 6.92 Å². The van der Waals surface area contributed by atoms with Gasteiger partial charge in [-0.25, -0.2) is 4.79 Å². The zero-order chi connectivity index (χ0) is 13.7. The number of carbonyl (C=O) groups excluding carboxylic acids is 2. The van der Waals surface area contributed by atoms with Gasteiger partial charge in [-0.1, -0.05) is 0 Å². The summed E-state index contributed by atoms with van der Waals surface area (Å²) >= 11 is 4.72. The number of nitrogen functional groups attached to an aromatic ring is 1. The molecular weight excluding hydrogens is 318 g/mol. The monoisotopic (exact) mass is 331 g/mol. The molecule has 18 heavy (non-hydrogen) atoms.